The predicted octanol–water partition coefficient (Wildman–Crippen LogP) is 3.07. The van der Waals surface area contributed by atoms with Crippen molar-refractivity contribution in [2.75, 3.05) is 20.8 Å². The normalized spacial score (nSPS) is 15.1. The van der Waals surface area contributed by atoms with E-state index in [1.54, 1.807) is 30.2 Å². The molecule has 0 radical (unpaired) electrons. The number of hydrogen-bond acceptors (Lipinski definition) is 4. The van der Waals surface area contributed by atoms with Gasteiger partial charge in [0.05, 0.1) is 12.7 Å². The lowest BCUT2D eigenvalue weighted by Crippen LogP contribution is -2.40. The summed E-state index contributed by atoms with van der Waals surface area (Å²) in [5, 5.41) is 0. The molecule has 1 aliphatic rings. The van der Waals surface area contributed by atoms with Gasteiger partial charge in [0.1, 0.15) is 11.5 Å². The van der Waals surface area contributed by atoms with Gasteiger partial charge >= 0.3 is 0 Å². The minimum atomic E-state index is -0.101. The van der Waals surface area contributed by atoms with Gasteiger partial charge in [0.25, 0.3) is 5.91 Å². The third kappa shape index (κ3) is 4.47. The number of hydrogen-bond donors (Lipinski definition) is 0. The zero-order valence-corrected chi connectivity index (χ0v) is 14.1. The van der Waals surface area contributed by atoms with Crippen LogP contribution >= 0.6 is 0 Å². The van der Waals surface area contributed by atoms with E-state index < -0.39 is 0 Å². The first-order chi connectivity index (χ1) is 11.0. The first-order valence-corrected chi connectivity index (χ1v) is 8.10. The number of carbonyl (C=O) groups excluding carboxylic acids is 2. The second kappa shape index (κ2) is 7.99. The topological polar surface area (TPSA) is 55.8 Å². The van der Waals surface area contributed by atoms with Crippen molar-refractivity contribution < 1.29 is 19.1 Å². The molecule has 1 saturated carbocycles. The molecule has 5 nitrogen and oxygen atoms in total. The number of nitrogens with zero attached hydrogens (tertiary/aromatic N) is 1. The number of methoxy groups -OCH3 is 1. The number of carbonyl (C=O) groups is 2. The van der Waals surface area contributed by atoms with Crippen molar-refractivity contribution in [2.45, 2.75) is 45.1 Å². The van der Waals surface area contributed by atoms with E-state index in [0.29, 0.717) is 23.1 Å². The summed E-state index contributed by atoms with van der Waals surface area (Å²) < 4.78 is 10.8. The van der Waals surface area contributed by atoms with Gasteiger partial charge in [-0.1, -0.05) is 19.3 Å². The SMILES string of the molecule is COc1ccc(C(C)=O)c(OCC(=O)N(C)C2CCCCC2)c1. The van der Waals surface area contributed by atoms with Gasteiger partial charge in [-0.3, -0.25) is 9.59 Å². The van der Waals surface area contributed by atoms with Crippen LogP contribution in [0.1, 0.15) is 49.4 Å². The van der Waals surface area contributed by atoms with Crippen LogP contribution in [0.4, 0.5) is 0 Å². The van der Waals surface area contributed by atoms with Crippen LogP contribution < -0.4 is 9.47 Å². The Kier molecular flexibility index (Phi) is 6.02. The van der Waals surface area contributed by atoms with Crippen LogP contribution in [-0.4, -0.2) is 43.4 Å². The highest BCUT2D eigenvalue weighted by Crippen LogP contribution is 2.26. The van der Waals surface area contributed by atoms with Crippen LogP contribution in [0, 0.1) is 0 Å². The number of benzene rings is 1. The fraction of sp³-hybridized carbons (Fsp3) is 0.556. The molecule has 1 fully saturated rings. The first-order valence-electron chi connectivity index (χ1n) is 8.10. The van der Waals surface area contributed by atoms with E-state index in [2.05, 4.69) is 0 Å². The molecule has 5 heteroatoms. The summed E-state index contributed by atoms with van der Waals surface area (Å²) in [5.41, 5.74) is 0.457. The maximum absolute atomic E-state index is 12.3. The summed E-state index contributed by atoms with van der Waals surface area (Å²) in [6.07, 6.45) is 5.71. The van der Waals surface area contributed by atoms with Crippen molar-refractivity contribution in [3.8, 4) is 11.5 Å². The maximum Gasteiger partial charge on any atom is 0.260 e. The van der Waals surface area contributed by atoms with Gasteiger partial charge in [-0.15, -0.1) is 0 Å². The molecule has 0 spiro atoms. The molecule has 1 aliphatic carbocycles. The van der Waals surface area contributed by atoms with E-state index >= 15 is 0 Å². The number of ketones is 1. The van der Waals surface area contributed by atoms with Crippen LogP contribution in [0.25, 0.3) is 0 Å². The van der Waals surface area contributed by atoms with Crippen molar-refractivity contribution in [3.63, 3.8) is 0 Å². The molecule has 0 unspecified atom stereocenters. The summed E-state index contributed by atoms with van der Waals surface area (Å²) in [4.78, 5) is 25.8. The standard InChI is InChI=1S/C18H25NO4/c1-13(20)16-10-9-15(22-3)11-17(16)23-12-18(21)19(2)14-7-5-4-6-8-14/h9-11,14H,4-8,12H2,1-3H3. The Bertz CT molecular complexity index is 564. The predicted molar refractivity (Wildman–Crippen MR) is 88.1 cm³/mol. The van der Waals surface area contributed by atoms with E-state index in [0.717, 1.165) is 12.8 Å². The smallest absolute Gasteiger partial charge is 0.260 e. The van der Waals surface area contributed by atoms with Gasteiger partial charge in [0.2, 0.25) is 0 Å². The Balaban J connectivity index is 2.01. The third-order valence-electron chi connectivity index (χ3n) is 4.44. The zero-order chi connectivity index (χ0) is 16.8. The number of ether oxygens (including phenoxy) is 2. The quantitative estimate of drug-likeness (QED) is 0.756. The fourth-order valence-electron chi connectivity index (χ4n) is 2.95. The maximum atomic E-state index is 12.3. The van der Waals surface area contributed by atoms with E-state index in [1.807, 2.05) is 7.05 Å². The average molecular weight is 319 g/mol. The molecule has 0 bridgehead atoms. The fourth-order valence-corrected chi connectivity index (χ4v) is 2.95. The molecule has 0 aliphatic heterocycles. The van der Waals surface area contributed by atoms with Gasteiger partial charge < -0.3 is 14.4 Å². The molecule has 0 aromatic heterocycles. The molecule has 0 atom stereocenters. The molecule has 1 amide bonds. The Labute approximate surface area is 137 Å². The molecule has 1 aromatic rings. The lowest BCUT2D eigenvalue weighted by Gasteiger charge is -2.31. The largest absolute Gasteiger partial charge is 0.497 e. The Morgan fingerprint density at radius 3 is 2.52 bits per heavy atom. The highest BCUT2D eigenvalue weighted by Gasteiger charge is 2.22. The monoisotopic (exact) mass is 319 g/mol. The Morgan fingerprint density at radius 1 is 1.22 bits per heavy atom. The lowest BCUT2D eigenvalue weighted by atomic mass is 9.94. The minimum Gasteiger partial charge on any atom is -0.497 e. The zero-order valence-electron chi connectivity index (χ0n) is 14.1. The van der Waals surface area contributed by atoms with Gasteiger partial charge in [0.15, 0.2) is 12.4 Å². The molecule has 1 aromatic carbocycles. The van der Waals surface area contributed by atoms with Crippen LogP contribution in [0.5, 0.6) is 11.5 Å². The van der Waals surface area contributed by atoms with Crippen molar-refractivity contribution in [1.82, 2.24) is 4.90 Å². The van der Waals surface area contributed by atoms with Crippen LogP contribution in [0.15, 0.2) is 18.2 Å². The molecule has 0 N–H and O–H groups in total. The molecular formula is C18H25NO4. The third-order valence-corrected chi connectivity index (χ3v) is 4.44. The summed E-state index contributed by atoms with van der Waals surface area (Å²) in [5.74, 6) is 0.824. The van der Waals surface area contributed by atoms with Crippen LogP contribution in [0.3, 0.4) is 0 Å². The van der Waals surface area contributed by atoms with Gasteiger partial charge in [-0.25, -0.2) is 0 Å². The lowest BCUT2D eigenvalue weighted by molar-refractivity contribution is -0.134. The Morgan fingerprint density at radius 2 is 1.91 bits per heavy atom. The van der Waals surface area contributed by atoms with Crippen molar-refractivity contribution in [1.29, 1.82) is 0 Å². The van der Waals surface area contributed by atoms with Crippen molar-refractivity contribution in [3.05, 3.63) is 23.8 Å². The van der Waals surface area contributed by atoms with E-state index in [4.69, 9.17) is 9.47 Å². The number of amides is 1. The van der Waals surface area contributed by atoms with Gasteiger partial charge in [-0.2, -0.15) is 0 Å². The summed E-state index contributed by atoms with van der Waals surface area (Å²) in [7, 11) is 3.38. The Hall–Kier alpha value is -2.04. The molecule has 23 heavy (non-hydrogen) atoms. The van der Waals surface area contributed by atoms with Crippen molar-refractivity contribution >= 4 is 11.7 Å². The molecular weight excluding hydrogens is 294 g/mol. The molecule has 0 heterocycles. The molecule has 126 valence electrons. The summed E-state index contributed by atoms with van der Waals surface area (Å²) >= 11 is 0. The van der Waals surface area contributed by atoms with E-state index in [9.17, 15) is 9.59 Å². The van der Waals surface area contributed by atoms with Gasteiger partial charge in [-0.05, 0) is 31.9 Å². The summed E-state index contributed by atoms with van der Waals surface area (Å²) in [6.45, 7) is 1.41. The number of Topliss-reactive ketones (excluding diaryl/α,β-unsaturated/α-hetero) is 1. The van der Waals surface area contributed by atoms with E-state index in [-0.39, 0.29) is 18.3 Å². The van der Waals surface area contributed by atoms with Crippen LogP contribution in [0.2, 0.25) is 0 Å². The highest BCUT2D eigenvalue weighted by atomic mass is 16.5. The van der Waals surface area contributed by atoms with E-state index in [1.165, 1.54) is 26.2 Å². The second-order valence-corrected chi connectivity index (χ2v) is 6.00. The highest BCUT2D eigenvalue weighted by molar-refractivity contribution is 5.97. The van der Waals surface area contributed by atoms with Crippen molar-refractivity contribution in [2.24, 2.45) is 0 Å². The average Bonchev–Trinajstić information content (AvgIpc) is 2.59. The molecule has 0 saturated heterocycles. The number of rotatable bonds is 6. The summed E-state index contributed by atoms with van der Waals surface area (Å²) in [6, 6.07) is 5.31. The van der Waals surface area contributed by atoms with Gasteiger partial charge in [0, 0.05) is 19.2 Å². The minimum absolute atomic E-state index is 0.0609. The second-order valence-electron chi connectivity index (χ2n) is 6.00. The molecule has 2 rings (SSSR count). The first kappa shape index (κ1) is 17.3. The van der Waals surface area contributed by atoms with Crippen LogP contribution in [-0.2, 0) is 4.79 Å². The number of likely N-dealkylation sites (N-methyl/N-ethyl adjacent to an activating group) is 1.